The van der Waals surface area contributed by atoms with Crippen LogP contribution in [0.2, 0.25) is 0 Å². The number of hydrogen-bond acceptors (Lipinski definition) is 6. The molecule has 0 atom stereocenters. The first-order valence-corrected chi connectivity index (χ1v) is 9.96. The van der Waals surface area contributed by atoms with Crippen molar-refractivity contribution in [2.24, 2.45) is 0 Å². The molecule has 0 spiro atoms. The van der Waals surface area contributed by atoms with E-state index in [1.165, 1.54) is 6.33 Å². The van der Waals surface area contributed by atoms with Gasteiger partial charge in [-0.3, -0.25) is 4.79 Å². The fraction of sp³-hybridized carbons (Fsp3) is 0.364. The Labute approximate surface area is 176 Å². The largest absolute Gasteiger partial charge is 0.494 e. The minimum atomic E-state index is -0.0392. The zero-order chi connectivity index (χ0) is 21.7. The predicted octanol–water partition coefficient (Wildman–Crippen LogP) is 3.32. The number of ether oxygens (including phenoxy) is 1. The SMILES string of the molecule is CCOc1ccc(NC(=O)CCc2c(C)nn(-c3cc(N(C)C)ncn3)c2C)cc1. The van der Waals surface area contributed by atoms with Gasteiger partial charge in [0.25, 0.3) is 0 Å². The summed E-state index contributed by atoms with van der Waals surface area (Å²) in [5.41, 5.74) is 3.68. The van der Waals surface area contributed by atoms with E-state index in [9.17, 15) is 4.79 Å². The van der Waals surface area contributed by atoms with E-state index >= 15 is 0 Å². The van der Waals surface area contributed by atoms with Gasteiger partial charge < -0.3 is 15.0 Å². The molecule has 1 N–H and O–H groups in total. The van der Waals surface area contributed by atoms with Crippen LogP contribution in [0.1, 0.15) is 30.3 Å². The lowest BCUT2D eigenvalue weighted by atomic mass is 10.1. The molecule has 8 heteroatoms. The number of carbonyl (C=O) groups is 1. The van der Waals surface area contributed by atoms with E-state index in [0.29, 0.717) is 25.3 Å². The van der Waals surface area contributed by atoms with E-state index in [1.807, 2.05) is 74.8 Å². The van der Waals surface area contributed by atoms with Gasteiger partial charge in [0, 0.05) is 38.0 Å². The fourth-order valence-electron chi connectivity index (χ4n) is 3.22. The van der Waals surface area contributed by atoms with Crippen LogP contribution >= 0.6 is 0 Å². The first kappa shape index (κ1) is 21.3. The van der Waals surface area contributed by atoms with Crippen molar-refractivity contribution in [1.29, 1.82) is 0 Å². The molecule has 30 heavy (non-hydrogen) atoms. The molecule has 2 heterocycles. The van der Waals surface area contributed by atoms with Crippen LogP contribution < -0.4 is 15.0 Å². The summed E-state index contributed by atoms with van der Waals surface area (Å²) in [6, 6.07) is 9.27. The molecule has 0 fully saturated rings. The van der Waals surface area contributed by atoms with E-state index in [1.54, 1.807) is 0 Å². The maximum Gasteiger partial charge on any atom is 0.224 e. The van der Waals surface area contributed by atoms with Crippen LogP contribution in [-0.2, 0) is 11.2 Å². The number of rotatable bonds is 8. The average molecular weight is 409 g/mol. The first-order chi connectivity index (χ1) is 14.4. The third-order valence-corrected chi connectivity index (χ3v) is 4.81. The van der Waals surface area contributed by atoms with E-state index in [-0.39, 0.29) is 5.91 Å². The van der Waals surface area contributed by atoms with Gasteiger partial charge in [0.15, 0.2) is 5.82 Å². The molecule has 3 rings (SSSR count). The lowest BCUT2D eigenvalue weighted by Gasteiger charge is -2.12. The number of anilines is 2. The van der Waals surface area contributed by atoms with E-state index in [0.717, 1.165) is 34.2 Å². The van der Waals surface area contributed by atoms with Crippen molar-refractivity contribution in [1.82, 2.24) is 19.7 Å². The quantitative estimate of drug-likeness (QED) is 0.615. The Morgan fingerprint density at radius 1 is 1.17 bits per heavy atom. The van der Waals surface area contributed by atoms with Crippen LogP contribution in [0.4, 0.5) is 11.5 Å². The van der Waals surface area contributed by atoms with E-state index in [4.69, 9.17) is 4.74 Å². The zero-order valence-corrected chi connectivity index (χ0v) is 18.1. The molecule has 0 aliphatic rings. The number of aryl methyl sites for hydroxylation is 1. The summed E-state index contributed by atoms with van der Waals surface area (Å²) in [4.78, 5) is 22.9. The Morgan fingerprint density at radius 3 is 2.57 bits per heavy atom. The summed E-state index contributed by atoms with van der Waals surface area (Å²) in [6.07, 6.45) is 2.50. The maximum atomic E-state index is 12.4. The third-order valence-electron chi connectivity index (χ3n) is 4.81. The van der Waals surface area contributed by atoms with Gasteiger partial charge in [-0.1, -0.05) is 0 Å². The first-order valence-electron chi connectivity index (χ1n) is 9.96. The topological polar surface area (TPSA) is 85.2 Å². The summed E-state index contributed by atoms with van der Waals surface area (Å²) < 4.78 is 7.23. The highest BCUT2D eigenvalue weighted by atomic mass is 16.5. The van der Waals surface area contributed by atoms with Crippen LogP contribution in [0, 0.1) is 13.8 Å². The van der Waals surface area contributed by atoms with Crippen LogP contribution in [0.5, 0.6) is 5.75 Å². The summed E-state index contributed by atoms with van der Waals surface area (Å²) in [6.45, 7) is 6.51. The highest BCUT2D eigenvalue weighted by Crippen LogP contribution is 2.21. The second-order valence-corrected chi connectivity index (χ2v) is 7.20. The van der Waals surface area contributed by atoms with E-state index < -0.39 is 0 Å². The number of benzene rings is 1. The summed E-state index contributed by atoms with van der Waals surface area (Å²) in [7, 11) is 3.86. The van der Waals surface area contributed by atoms with Crippen molar-refractivity contribution >= 4 is 17.4 Å². The highest BCUT2D eigenvalue weighted by Gasteiger charge is 2.16. The molecule has 0 unspecified atom stereocenters. The molecule has 3 aromatic rings. The van der Waals surface area contributed by atoms with Crippen molar-refractivity contribution in [3.05, 3.63) is 53.6 Å². The molecule has 1 aromatic carbocycles. The van der Waals surface area contributed by atoms with Crippen LogP contribution in [0.15, 0.2) is 36.7 Å². The smallest absolute Gasteiger partial charge is 0.224 e. The van der Waals surface area contributed by atoms with Crippen LogP contribution in [-0.4, -0.2) is 46.4 Å². The van der Waals surface area contributed by atoms with Crippen molar-refractivity contribution < 1.29 is 9.53 Å². The number of amides is 1. The van der Waals surface area contributed by atoms with E-state index in [2.05, 4.69) is 20.4 Å². The van der Waals surface area contributed by atoms with Gasteiger partial charge >= 0.3 is 0 Å². The van der Waals surface area contributed by atoms with Crippen molar-refractivity contribution in [3.8, 4) is 11.6 Å². The second kappa shape index (κ2) is 9.39. The molecule has 0 aliphatic heterocycles. The minimum Gasteiger partial charge on any atom is -0.494 e. The van der Waals surface area contributed by atoms with Gasteiger partial charge in [0.05, 0.1) is 12.3 Å². The second-order valence-electron chi connectivity index (χ2n) is 7.20. The molecule has 0 saturated heterocycles. The highest BCUT2D eigenvalue weighted by molar-refractivity contribution is 5.90. The molecule has 8 nitrogen and oxygen atoms in total. The number of nitrogens with one attached hydrogen (secondary N) is 1. The van der Waals surface area contributed by atoms with Gasteiger partial charge in [-0.15, -0.1) is 0 Å². The fourth-order valence-corrected chi connectivity index (χ4v) is 3.22. The monoisotopic (exact) mass is 408 g/mol. The van der Waals surface area contributed by atoms with Gasteiger partial charge in [0.1, 0.15) is 17.9 Å². The molecular weight excluding hydrogens is 380 g/mol. The molecule has 0 bridgehead atoms. The number of aromatic nitrogens is 4. The summed E-state index contributed by atoms with van der Waals surface area (Å²) in [5.74, 6) is 2.27. The van der Waals surface area contributed by atoms with Crippen LogP contribution in [0.25, 0.3) is 5.82 Å². The Morgan fingerprint density at radius 2 is 1.90 bits per heavy atom. The molecule has 1 amide bonds. The zero-order valence-electron chi connectivity index (χ0n) is 18.1. The lowest BCUT2D eigenvalue weighted by molar-refractivity contribution is -0.116. The van der Waals surface area contributed by atoms with Crippen molar-refractivity contribution in [3.63, 3.8) is 0 Å². The molecule has 2 aromatic heterocycles. The normalized spacial score (nSPS) is 10.7. The maximum absolute atomic E-state index is 12.4. The van der Waals surface area contributed by atoms with Gasteiger partial charge in [-0.25, -0.2) is 14.6 Å². The number of hydrogen-bond donors (Lipinski definition) is 1. The predicted molar refractivity (Wildman–Crippen MR) is 118 cm³/mol. The Kier molecular flexibility index (Phi) is 6.66. The Hall–Kier alpha value is -3.42. The number of nitrogens with zero attached hydrogens (tertiary/aromatic N) is 5. The lowest BCUT2D eigenvalue weighted by Crippen LogP contribution is -2.13. The Bertz CT molecular complexity index is 1010. The standard InChI is InChI=1S/C22H28N6O2/c1-6-30-18-9-7-17(8-10-18)25-22(29)12-11-19-15(2)26-28(16(19)3)21-13-20(27(4)5)23-14-24-21/h7-10,13-14H,6,11-12H2,1-5H3,(H,25,29). The molecule has 0 saturated carbocycles. The van der Waals surface area contributed by atoms with Crippen LogP contribution in [0.3, 0.4) is 0 Å². The van der Waals surface area contributed by atoms with Gasteiger partial charge in [0.2, 0.25) is 5.91 Å². The van der Waals surface area contributed by atoms with Crippen molar-refractivity contribution in [2.75, 3.05) is 30.9 Å². The molecule has 0 aliphatic carbocycles. The minimum absolute atomic E-state index is 0.0392. The summed E-state index contributed by atoms with van der Waals surface area (Å²) in [5, 5.41) is 7.56. The summed E-state index contributed by atoms with van der Waals surface area (Å²) >= 11 is 0. The Balaban J connectivity index is 1.67. The molecular formula is C22H28N6O2. The van der Waals surface area contributed by atoms with Crippen molar-refractivity contribution in [2.45, 2.75) is 33.6 Å². The third kappa shape index (κ3) is 4.94. The molecule has 0 radical (unpaired) electrons. The van der Waals surface area contributed by atoms with Gasteiger partial charge in [-0.05, 0) is 57.0 Å². The van der Waals surface area contributed by atoms with Gasteiger partial charge in [-0.2, -0.15) is 5.10 Å². The average Bonchev–Trinajstić information content (AvgIpc) is 3.02. The number of carbonyl (C=O) groups excluding carboxylic acids is 1. The molecule has 158 valence electrons.